The van der Waals surface area contributed by atoms with Gasteiger partial charge in [0.15, 0.2) is 0 Å². The van der Waals surface area contributed by atoms with Crippen LogP contribution in [0.1, 0.15) is 37.3 Å². The maximum Gasteiger partial charge on any atom is 0.303 e. The molecule has 2 rings (SSSR count). The zero-order chi connectivity index (χ0) is 14.7. The largest absolute Gasteiger partial charge is 0.481 e. The van der Waals surface area contributed by atoms with Gasteiger partial charge in [-0.1, -0.05) is 13.0 Å². The Hall–Kier alpha value is -1.91. The number of fused-ring (bicyclic) bond motifs is 1. The second-order valence-corrected chi connectivity index (χ2v) is 5.39. The Balaban J connectivity index is 2.05. The van der Waals surface area contributed by atoms with E-state index < -0.39 is 5.97 Å². The lowest BCUT2D eigenvalue weighted by Gasteiger charge is -2.18. The van der Waals surface area contributed by atoms with E-state index in [1.165, 1.54) is 6.07 Å². The predicted octanol–water partition coefficient (Wildman–Crippen LogP) is 2.75. The highest BCUT2D eigenvalue weighted by Crippen LogP contribution is 2.27. The quantitative estimate of drug-likeness (QED) is 0.871. The number of rotatable bonds is 5. The Labute approximate surface area is 117 Å². The predicted molar refractivity (Wildman–Crippen MR) is 73.1 cm³/mol. The maximum atomic E-state index is 13.9. The van der Waals surface area contributed by atoms with Crippen molar-refractivity contribution in [3.8, 4) is 0 Å². The summed E-state index contributed by atoms with van der Waals surface area (Å²) < 4.78 is 13.9. The van der Waals surface area contributed by atoms with Crippen molar-refractivity contribution in [3.05, 3.63) is 29.1 Å². The third-order valence-corrected chi connectivity index (χ3v) is 3.60. The molecule has 1 aromatic carbocycles. The topological polar surface area (TPSA) is 66.4 Å². The molecule has 108 valence electrons. The second kappa shape index (κ2) is 6.03. The number of carboxylic acids is 1. The molecule has 4 nitrogen and oxygen atoms in total. The first-order valence-electron chi connectivity index (χ1n) is 6.78. The van der Waals surface area contributed by atoms with Crippen LogP contribution in [0.4, 0.5) is 10.1 Å². The van der Waals surface area contributed by atoms with Crippen molar-refractivity contribution in [2.45, 2.75) is 39.0 Å². The van der Waals surface area contributed by atoms with Gasteiger partial charge in [0.25, 0.3) is 0 Å². The average molecular weight is 279 g/mol. The van der Waals surface area contributed by atoms with E-state index in [0.29, 0.717) is 36.9 Å². The standard InChI is InChI=1S/C15H18FNO3/c1-9(6-15(19)20)2-3-10-7-11-4-5-14(18)17-13(11)8-12(10)16/h7-9H,2-6H2,1H3,(H,17,18)(H,19,20). The van der Waals surface area contributed by atoms with Crippen LogP contribution in [-0.4, -0.2) is 17.0 Å². The number of anilines is 1. The summed E-state index contributed by atoms with van der Waals surface area (Å²) in [5, 5.41) is 11.4. The highest BCUT2D eigenvalue weighted by molar-refractivity contribution is 5.93. The summed E-state index contributed by atoms with van der Waals surface area (Å²) in [5.41, 5.74) is 2.10. The average Bonchev–Trinajstić information content (AvgIpc) is 2.35. The lowest BCUT2D eigenvalue weighted by atomic mass is 9.94. The molecular weight excluding hydrogens is 261 g/mol. The molecule has 20 heavy (non-hydrogen) atoms. The number of nitrogens with one attached hydrogen (secondary N) is 1. The molecule has 1 amide bonds. The van der Waals surface area contributed by atoms with Crippen LogP contribution in [-0.2, 0) is 22.4 Å². The van der Waals surface area contributed by atoms with E-state index in [4.69, 9.17) is 5.11 Å². The molecule has 0 bridgehead atoms. The molecule has 1 aliphatic heterocycles. The zero-order valence-corrected chi connectivity index (χ0v) is 11.4. The first kappa shape index (κ1) is 14.5. The van der Waals surface area contributed by atoms with E-state index in [2.05, 4.69) is 5.32 Å². The molecule has 1 aliphatic rings. The highest BCUT2D eigenvalue weighted by Gasteiger charge is 2.18. The second-order valence-electron chi connectivity index (χ2n) is 5.39. The lowest BCUT2D eigenvalue weighted by Crippen LogP contribution is -2.19. The first-order valence-corrected chi connectivity index (χ1v) is 6.78. The van der Waals surface area contributed by atoms with Gasteiger partial charge in [0.05, 0.1) is 0 Å². The van der Waals surface area contributed by atoms with E-state index in [9.17, 15) is 14.0 Å². The van der Waals surface area contributed by atoms with Crippen molar-refractivity contribution >= 4 is 17.6 Å². The molecule has 0 saturated carbocycles. The van der Waals surface area contributed by atoms with Gasteiger partial charge < -0.3 is 10.4 Å². The maximum absolute atomic E-state index is 13.9. The Morgan fingerprint density at radius 3 is 2.90 bits per heavy atom. The van der Waals surface area contributed by atoms with Crippen LogP contribution >= 0.6 is 0 Å². The zero-order valence-electron chi connectivity index (χ0n) is 11.4. The fraction of sp³-hybridized carbons (Fsp3) is 0.467. The smallest absolute Gasteiger partial charge is 0.303 e. The third-order valence-electron chi connectivity index (χ3n) is 3.60. The van der Waals surface area contributed by atoms with Crippen molar-refractivity contribution in [1.82, 2.24) is 0 Å². The SMILES string of the molecule is CC(CCc1cc2c(cc1F)NC(=O)CC2)CC(=O)O. The van der Waals surface area contributed by atoms with Gasteiger partial charge >= 0.3 is 5.97 Å². The number of hydrogen-bond donors (Lipinski definition) is 2. The minimum atomic E-state index is -0.828. The summed E-state index contributed by atoms with van der Waals surface area (Å²) >= 11 is 0. The van der Waals surface area contributed by atoms with Gasteiger partial charge in [0.1, 0.15) is 5.82 Å². The number of carbonyl (C=O) groups is 2. The summed E-state index contributed by atoms with van der Waals surface area (Å²) in [6.07, 6.45) is 2.30. The molecule has 5 heteroatoms. The number of aliphatic carboxylic acids is 1. The number of carboxylic acid groups (broad SMARTS) is 1. The van der Waals surface area contributed by atoms with Crippen LogP contribution in [0.2, 0.25) is 0 Å². The first-order chi connectivity index (χ1) is 9.45. The molecule has 1 aromatic rings. The molecular formula is C15H18FNO3. The van der Waals surface area contributed by atoms with Crippen LogP contribution in [0.5, 0.6) is 0 Å². The van der Waals surface area contributed by atoms with Crippen molar-refractivity contribution < 1.29 is 19.1 Å². The van der Waals surface area contributed by atoms with E-state index >= 15 is 0 Å². The monoisotopic (exact) mass is 279 g/mol. The van der Waals surface area contributed by atoms with Crippen molar-refractivity contribution in [2.75, 3.05) is 5.32 Å². The van der Waals surface area contributed by atoms with Gasteiger partial charge in [0, 0.05) is 18.5 Å². The molecule has 1 atom stereocenters. The molecule has 0 fully saturated rings. The fourth-order valence-electron chi connectivity index (χ4n) is 2.45. The summed E-state index contributed by atoms with van der Waals surface area (Å²) in [5.74, 6) is -1.23. The van der Waals surface area contributed by atoms with E-state index in [0.717, 1.165) is 5.56 Å². The summed E-state index contributed by atoms with van der Waals surface area (Å²) in [6.45, 7) is 1.85. The normalized spacial score (nSPS) is 15.4. The van der Waals surface area contributed by atoms with Gasteiger partial charge in [-0.15, -0.1) is 0 Å². The number of hydrogen-bond acceptors (Lipinski definition) is 2. The van der Waals surface area contributed by atoms with E-state index in [1.807, 2.05) is 6.92 Å². The van der Waals surface area contributed by atoms with Gasteiger partial charge in [-0.05, 0) is 42.4 Å². The molecule has 2 N–H and O–H groups in total. The van der Waals surface area contributed by atoms with Crippen LogP contribution in [0.25, 0.3) is 0 Å². The summed E-state index contributed by atoms with van der Waals surface area (Å²) in [7, 11) is 0. The minimum Gasteiger partial charge on any atom is -0.481 e. The number of benzene rings is 1. The van der Waals surface area contributed by atoms with Crippen LogP contribution in [0, 0.1) is 11.7 Å². The Bertz CT molecular complexity index is 542. The summed E-state index contributed by atoms with van der Waals surface area (Å²) in [4.78, 5) is 21.8. The Morgan fingerprint density at radius 1 is 1.45 bits per heavy atom. The minimum absolute atomic E-state index is 0.0163. The van der Waals surface area contributed by atoms with Gasteiger partial charge in [-0.3, -0.25) is 9.59 Å². The molecule has 0 saturated heterocycles. The van der Waals surface area contributed by atoms with Crippen LogP contribution in [0.3, 0.4) is 0 Å². The van der Waals surface area contributed by atoms with Crippen molar-refractivity contribution in [1.29, 1.82) is 0 Å². The van der Waals surface area contributed by atoms with Crippen LogP contribution < -0.4 is 5.32 Å². The summed E-state index contributed by atoms with van der Waals surface area (Å²) in [6, 6.07) is 3.15. The van der Waals surface area contributed by atoms with E-state index in [-0.39, 0.29) is 24.1 Å². The van der Waals surface area contributed by atoms with Gasteiger partial charge in [-0.25, -0.2) is 4.39 Å². The number of amides is 1. The fourth-order valence-corrected chi connectivity index (χ4v) is 2.45. The van der Waals surface area contributed by atoms with Gasteiger partial charge in [0.2, 0.25) is 5.91 Å². The van der Waals surface area contributed by atoms with Crippen molar-refractivity contribution in [3.63, 3.8) is 0 Å². The third kappa shape index (κ3) is 3.56. The van der Waals surface area contributed by atoms with Crippen LogP contribution in [0.15, 0.2) is 12.1 Å². The molecule has 0 radical (unpaired) electrons. The molecule has 1 unspecified atom stereocenters. The molecule has 0 spiro atoms. The van der Waals surface area contributed by atoms with Gasteiger partial charge in [-0.2, -0.15) is 0 Å². The van der Waals surface area contributed by atoms with E-state index in [1.54, 1.807) is 6.07 Å². The number of carbonyl (C=O) groups excluding carboxylic acids is 1. The Kier molecular flexibility index (Phi) is 4.37. The molecule has 1 heterocycles. The molecule has 0 aliphatic carbocycles. The lowest BCUT2D eigenvalue weighted by molar-refractivity contribution is -0.138. The molecule has 0 aromatic heterocycles. The number of aryl methyl sites for hydroxylation is 2. The number of halogens is 1. The highest BCUT2D eigenvalue weighted by atomic mass is 19.1. The van der Waals surface area contributed by atoms with Crippen molar-refractivity contribution in [2.24, 2.45) is 5.92 Å². The Morgan fingerprint density at radius 2 is 2.20 bits per heavy atom.